The van der Waals surface area contributed by atoms with E-state index in [4.69, 9.17) is 24.3 Å². The molecule has 0 aliphatic heterocycles. The minimum atomic E-state index is -4.40. The zero-order valence-electron chi connectivity index (χ0n) is 38.3. The Bertz CT molecular complexity index is 1140. The lowest BCUT2D eigenvalue weighted by molar-refractivity contribution is -0.161. The van der Waals surface area contributed by atoms with Crippen molar-refractivity contribution in [2.45, 2.75) is 225 Å². The maximum absolute atomic E-state index is 12.6. The lowest BCUT2D eigenvalue weighted by Gasteiger charge is -2.19. The van der Waals surface area contributed by atoms with E-state index in [-0.39, 0.29) is 38.7 Å². The van der Waals surface area contributed by atoms with Crippen LogP contribution in [0, 0.1) is 0 Å². The molecule has 0 aliphatic rings. The molecule has 0 bridgehead atoms. The number of unbranched alkanes of at least 4 members (excludes halogenated alkanes) is 22. The molecule has 0 saturated heterocycles. The first-order chi connectivity index (χ1) is 29.2. The van der Waals surface area contributed by atoms with Crippen LogP contribution in [0.3, 0.4) is 0 Å². The number of phosphoric ester groups is 1. The predicted molar refractivity (Wildman–Crippen MR) is 249 cm³/mol. The third kappa shape index (κ3) is 44.0. The maximum Gasteiger partial charge on any atom is 0.472 e. The highest BCUT2D eigenvalue weighted by molar-refractivity contribution is 7.47. The summed E-state index contributed by atoms with van der Waals surface area (Å²) in [7, 11) is -4.40. The van der Waals surface area contributed by atoms with Crippen LogP contribution >= 0.6 is 7.82 Å². The quantitative estimate of drug-likeness (QED) is 0.0233. The molecule has 0 aliphatic carbocycles. The summed E-state index contributed by atoms with van der Waals surface area (Å²) < 4.78 is 32.8. The summed E-state index contributed by atoms with van der Waals surface area (Å²) in [4.78, 5) is 35.0. The number of carbonyl (C=O) groups excluding carboxylic acids is 2. The molecule has 4 N–H and O–H groups in total. The van der Waals surface area contributed by atoms with Gasteiger partial charge >= 0.3 is 19.8 Å². The Kier molecular flexibility index (Phi) is 43.4. The fourth-order valence-corrected chi connectivity index (χ4v) is 7.41. The van der Waals surface area contributed by atoms with E-state index >= 15 is 0 Å². The number of aliphatic hydroxyl groups excluding tert-OH is 1. The van der Waals surface area contributed by atoms with Gasteiger partial charge < -0.3 is 25.2 Å². The van der Waals surface area contributed by atoms with Crippen LogP contribution in [-0.4, -0.2) is 60.5 Å². The van der Waals surface area contributed by atoms with Gasteiger partial charge in [0.25, 0.3) is 0 Å². The standard InChI is InChI=1S/C49H90NO9P/c1-3-5-7-8-9-10-11-12-13-14-15-16-17-18-19-20-25-28-31-34-37-41-49(53)59-47(45-58-60(54,55)57-43-42-50)44-56-48(52)40-36-33-30-27-24-22-21-23-26-29-32-35-39-46(51)38-6-4-2/h21-22,26-27,29-30,35,39,46-47,51H,3-20,23-25,28,31-34,36-38,40-45,50H2,1-2H3,(H,54,55)/b22-21-,29-26-,30-27-,39-35-/t46-,47+/m0/s1. The summed E-state index contributed by atoms with van der Waals surface area (Å²) in [6, 6.07) is 0. The molecule has 1 unspecified atom stereocenters. The van der Waals surface area contributed by atoms with Crippen molar-refractivity contribution in [1.82, 2.24) is 0 Å². The Labute approximate surface area is 367 Å². The minimum Gasteiger partial charge on any atom is -0.462 e. The number of carbonyl (C=O) groups is 2. The van der Waals surface area contributed by atoms with Gasteiger partial charge in [-0.25, -0.2) is 4.57 Å². The number of aliphatic hydroxyl groups is 1. The average molecular weight is 868 g/mol. The van der Waals surface area contributed by atoms with Crippen molar-refractivity contribution < 1.29 is 42.7 Å². The first-order valence-electron chi connectivity index (χ1n) is 24.2. The Hall–Kier alpha value is -2.07. The van der Waals surface area contributed by atoms with E-state index in [0.29, 0.717) is 19.3 Å². The van der Waals surface area contributed by atoms with Crippen molar-refractivity contribution in [2.24, 2.45) is 5.73 Å². The first kappa shape index (κ1) is 57.9. The van der Waals surface area contributed by atoms with Crippen LogP contribution in [0.1, 0.15) is 213 Å². The normalized spacial score (nSPS) is 14.2. The molecule has 11 heteroatoms. The van der Waals surface area contributed by atoms with E-state index in [0.717, 1.165) is 57.8 Å². The summed E-state index contributed by atoms with van der Waals surface area (Å²) >= 11 is 0. The van der Waals surface area contributed by atoms with Gasteiger partial charge in [0.2, 0.25) is 0 Å². The number of nitrogens with two attached hydrogens (primary N) is 1. The van der Waals surface area contributed by atoms with Crippen LogP contribution in [0.5, 0.6) is 0 Å². The largest absolute Gasteiger partial charge is 0.472 e. The summed E-state index contributed by atoms with van der Waals surface area (Å²) in [5, 5.41) is 9.82. The zero-order chi connectivity index (χ0) is 44.0. The number of rotatable bonds is 45. The molecule has 0 heterocycles. The maximum atomic E-state index is 12.6. The van der Waals surface area contributed by atoms with E-state index in [9.17, 15) is 24.2 Å². The molecule has 0 saturated carbocycles. The Morgan fingerprint density at radius 2 is 1.02 bits per heavy atom. The molecule has 0 radical (unpaired) electrons. The lowest BCUT2D eigenvalue weighted by atomic mass is 10.0. The van der Waals surface area contributed by atoms with Crippen LogP contribution in [0.4, 0.5) is 0 Å². The van der Waals surface area contributed by atoms with Crippen LogP contribution in [0.15, 0.2) is 48.6 Å². The fourth-order valence-electron chi connectivity index (χ4n) is 6.65. The summed E-state index contributed by atoms with van der Waals surface area (Å²) in [5.74, 6) is -0.910. The second-order valence-electron chi connectivity index (χ2n) is 16.2. The Morgan fingerprint density at radius 1 is 0.567 bits per heavy atom. The smallest absolute Gasteiger partial charge is 0.462 e. The number of hydrogen-bond acceptors (Lipinski definition) is 9. The van der Waals surface area contributed by atoms with Gasteiger partial charge in [0.1, 0.15) is 6.61 Å². The molecule has 3 atom stereocenters. The average Bonchev–Trinajstić information content (AvgIpc) is 3.23. The van der Waals surface area contributed by atoms with Crippen LogP contribution in [0.25, 0.3) is 0 Å². The third-order valence-electron chi connectivity index (χ3n) is 10.3. The van der Waals surface area contributed by atoms with E-state index in [1.165, 1.54) is 109 Å². The molecular weight excluding hydrogens is 778 g/mol. The SMILES string of the molecule is CCCCCCCCCCCCCCCCCCCCCCCC(=O)O[C@H](COC(=O)CCC/C=C\C/C=C\C/C=C\C/C=C\[C@@H](O)CCCC)COP(=O)(O)OCCN. The van der Waals surface area contributed by atoms with E-state index in [2.05, 4.69) is 44.2 Å². The second-order valence-corrected chi connectivity index (χ2v) is 17.6. The highest BCUT2D eigenvalue weighted by Gasteiger charge is 2.26. The highest BCUT2D eigenvalue weighted by atomic mass is 31.2. The molecule has 0 aromatic rings. The molecule has 60 heavy (non-hydrogen) atoms. The Morgan fingerprint density at radius 3 is 1.52 bits per heavy atom. The van der Waals surface area contributed by atoms with Crippen molar-refractivity contribution in [3.63, 3.8) is 0 Å². The predicted octanol–water partition coefficient (Wildman–Crippen LogP) is 13.3. The molecule has 0 fully saturated rings. The summed E-state index contributed by atoms with van der Waals surface area (Å²) in [6.07, 6.45) is 49.2. The van der Waals surface area contributed by atoms with Crippen LogP contribution in [-0.2, 0) is 32.7 Å². The Balaban J connectivity index is 4.16. The van der Waals surface area contributed by atoms with Gasteiger partial charge in [-0.1, -0.05) is 204 Å². The van der Waals surface area contributed by atoms with Gasteiger partial charge in [-0.15, -0.1) is 0 Å². The molecular formula is C49H90NO9P. The number of phosphoric acid groups is 1. The van der Waals surface area contributed by atoms with Crippen LogP contribution in [0.2, 0.25) is 0 Å². The number of hydrogen-bond donors (Lipinski definition) is 3. The van der Waals surface area contributed by atoms with Crippen LogP contribution < -0.4 is 5.73 Å². The van der Waals surface area contributed by atoms with E-state index in [1.807, 2.05) is 18.2 Å². The molecule has 350 valence electrons. The van der Waals surface area contributed by atoms with Crippen molar-refractivity contribution >= 4 is 19.8 Å². The third-order valence-corrected chi connectivity index (χ3v) is 11.3. The zero-order valence-corrected chi connectivity index (χ0v) is 39.2. The minimum absolute atomic E-state index is 0.0397. The lowest BCUT2D eigenvalue weighted by Crippen LogP contribution is -2.29. The van der Waals surface area contributed by atoms with Crippen molar-refractivity contribution in [3.05, 3.63) is 48.6 Å². The summed E-state index contributed by atoms with van der Waals surface area (Å²) in [5.41, 5.74) is 5.35. The van der Waals surface area contributed by atoms with E-state index in [1.54, 1.807) is 0 Å². The van der Waals surface area contributed by atoms with Gasteiger partial charge in [0, 0.05) is 19.4 Å². The van der Waals surface area contributed by atoms with Gasteiger partial charge in [0.05, 0.1) is 19.3 Å². The number of esters is 2. The van der Waals surface area contributed by atoms with Gasteiger partial charge in [-0.3, -0.25) is 18.6 Å². The molecule has 0 aromatic carbocycles. The topological polar surface area (TPSA) is 155 Å². The molecule has 10 nitrogen and oxygen atoms in total. The first-order valence-corrected chi connectivity index (χ1v) is 25.7. The van der Waals surface area contributed by atoms with E-state index < -0.39 is 32.5 Å². The molecule has 0 aromatic heterocycles. The number of ether oxygens (including phenoxy) is 2. The van der Waals surface area contributed by atoms with Gasteiger partial charge in [-0.2, -0.15) is 0 Å². The number of allylic oxidation sites excluding steroid dienone is 7. The summed E-state index contributed by atoms with van der Waals surface area (Å²) in [6.45, 7) is 3.53. The highest BCUT2D eigenvalue weighted by Crippen LogP contribution is 2.43. The van der Waals surface area contributed by atoms with Crippen molar-refractivity contribution in [1.29, 1.82) is 0 Å². The monoisotopic (exact) mass is 868 g/mol. The molecule has 0 rings (SSSR count). The second kappa shape index (κ2) is 45.0. The van der Waals surface area contributed by atoms with Crippen molar-refractivity contribution in [2.75, 3.05) is 26.4 Å². The molecule has 0 spiro atoms. The van der Waals surface area contributed by atoms with Crippen molar-refractivity contribution in [3.8, 4) is 0 Å². The molecule has 0 amide bonds. The fraction of sp³-hybridized carbons (Fsp3) is 0.796. The van der Waals surface area contributed by atoms with Gasteiger partial charge in [-0.05, 0) is 44.9 Å². The van der Waals surface area contributed by atoms with Gasteiger partial charge in [0.15, 0.2) is 6.10 Å².